The Hall–Kier alpha value is -2.96. The van der Waals surface area contributed by atoms with Crippen LogP contribution in [0.4, 0.5) is 0 Å². The molecular weight excluding hydrogens is 394 g/mol. The lowest BCUT2D eigenvalue weighted by atomic mass is 10.1. The molecule has 2 aromatic carbocycles. The highest BCUT2D eigenvalue weighted by Crippen LogP contribution is 2.14. The molecule has 2 heterocycles. The summed E-state index contributed by atoms with van der Waals surface area (Å²) in [6.45, 7) is 3.21. The van der Waals surface area contributed by atoms with E-state index in [0.29, 0.717) is 17.0 Å². The maximum Gasteiger partial charge on any atom is 0.261 e. The molecule has 1 saturated heterocycles. The highest BCUT2D eigenvalue weighted by atomic mass is 32.1. The Morgan fingerprint density at radius 2 is 1.73 bits per heavy atom. The van der Waals surface area contributed by atoms with Crippen molar-refractivity contribution in [1.29, 1.82) is 0 Å². The van der Waals surface area contributed by atoms with Crippen molar-refractivity contribution >= 4 is 23.2 Å². The van der Waals surface area contributed by atoms with Gasteiger partial charge >= 0.3 is 0 Å². The normalized spacial score (nSPS) is 16.3. The number of carbonyl (C=O) groups excluding carboxylic acids is 2. The molecule has 1 unspecified atom stereocenters. The van der Waals surface area contributed by atoms with Gasteiger partial charge in [-0.25, -0.2) is 0 Å². The first-order valence-electron chi connectivity index (χ1n) is 10.1. The van der Waals surface area contributed by atoms with Crippen LogP contribution in [0.5, 0.6) is 0 Å². The van der Waals surface area contributed by atoms with Gasteiger partial charge in [0.15, 0.2) is 0 Å². The van der Waals surface area contributed by atoms with Crippen molar-refractivity contribution < 1.29 is 9.59 Å². The number of likely N-dealkylation sites (tertiary alicyclic amines) is 1. The van der Waals surface area contributed by atoms with E-state index in [1.807, 2.05) is 41.8 Å². The smallest absolute Gasteiger partial charge is 0.261 e. The summed E-state index contributed by atoms with van der Waals surface area (Å²) in [6.07, 6.45) is 0.964. The lowest BCUT2D eigenvalue weighted by Gasteiger charge is -2.17. The van der Waals surface area contributed by atoms with E-state index in [0.717, 1.165) is 31.6 Å². The predicted octanol–water partition coefficient (Wildman–Crippen LogP) is 3.68. The fourth-order valence-electron chi connectivity index (χ4n) is 3.66. The Morgan fingerprint density at radius 1 is 0.933 bits per heavy atom. The topological polar surface area (TPSA) is 61.4 Å². The number of nitrogens with one attached hydrogen (secondary N) is 2. The maximum absolute atomic E-state index is 12.6. The van der Waals surface area contributed by atoms with Gasteiger partial charge < -0.3 is 10.6 Å². The van der Waals surface area contributed by atoms with E-state index < -0.39 is 0 Å². The van der Waals surface area contributed by atoms with Gasteiger partial charge in [0.05, 0.1) is 4.88 Å². The van der Waals surface area contributed by atoms with Gasteiger partial charge in [0.25, 0.3) is 11.8 Å². The second-order valence-electron chi connectivity index (χ2n) is 7.54. The van der Waals surface area contributed by atoms with Crippen molar-refractivity contribution in [2.24, 2.45) is 0 Å². The molecule has 0 spiro atoms. The Morgan fingerprint density at radius 3 is 2.47 bits per heavy atom. The summed E-state index contributed by atoms with van der Waals surface area (Å²) >= 11 is 1.42. The van der Waals surface area contributed by atoms with Crippen LogP contribution in [0.25, 0.3) is 0 Å². The number of carbonyl (C=O) groups is 2. The number of hydrogen-bond donors (Lipinski definition) is 2. The summed E-state index contributed by atoms with van der Waals surface area (Å²) in [5, 5.41) is 7.93. The molecule has 1 aromatic heterocycles. The highest BCUT2D eigenvalue weighted by molar-refractivity contribution is 7.12. The minimum Gasteiger partial charge on any atom is -0.348 e. The highest BCUT2D eigenvalue weighted by Gasteiger charge is 2.24. The molecule has 1 aliphatic heterocycles. The van der Waals surface area contributed by atoms with Gasteiger partial charge in [-0.2, -0.15) is 0 Å². The molecule has 6 heteroatoms. The molecule has 1 fully saturated rings. The summed E-state index contributed by atoms with van der Waals surface area (Å²) in [4.78, 5) is 27.7. The monoisotopic (exact) mass is 419 g/mol. The van der Waals surface area contributed by atoms with Crippen molar-refractivity contribution in [1.82, 2.24) is 15.5 Å². The van der Waals surface area contributed by atoms with Crippen LogP contribution in [0, 0.1) is 0 Å². The lowest BCUT2D eigenvalue weighted by Crippen LogP contribution is -2.37. The predicted molar refractivity (Wildman–Crippen MR) is 120 cm³/mol. The van der Waals surface area contributed by atoms with E-state index in [1.165, 1.54) is 16.9 Å². The number of hydrogen-bond acceptors (Lipinski definition) is 4. The van der Waals surface area contributed by atoms with Crippen LogP contribution < -0.4 is 10.6 Å². The molecule has 1 aliphatic rings. The number of benzene rings is 2. The Balaban J connectivity index is 1.24. The number of amides is 2. The minimum atomic E-state index is -0.0758. The first-order valence-corrected chi connectivity index (χ1v) is 11.0. The fourth-order valence-corrected chi connectivity index (χ4v) is 4.30. The van der Waals surface area contributed by atoms with Crippen molar-refractivity contribution in [3.05, 3.63) is 93.7 Å². The average Bonchev–Trinajstić information content (AvgIpc) is 3.46. The van der Waals surface area contributed by atoms with E-state index in [9.17, 15) is 9.59 Å². The molecule has 0 radical (unpaired) electrons. The van der Waals surface area contributed by atoms with E-state index in [2.05, 4.69) is 39.8 Å². The van der Waals surface area contributed by atoms with E-state index in [-0.39, 0.29) is 17.9 Å². The molecule has 4 rings (SSSR count). The lowest BCUT2D eigenvalue weighted by molar-refractivity contribution is 0.0933. The molecule has 0 saturated carbocycles. The van der Waals surface area contributed by atoms with Crippen LogP contribution >= 0.6 is 11.3 Å². The van der Waals surface area contributed by atoms with E-state index in [4.69, 9.17) is 0 Å². The molecule has 0 bridgehead atoms. The number of thiophene rings is 1. The zero-order chi connectivity index (χ0) is 20.8. The van der Waals surface area contributed by atoms with Crippen molar-refractivity contribution in [2.75, 3.05) is 13.1 Å². The molecule has 3 aromatic rings. The fraction of sp³-hybridized carbons (Fsp3) is 0.250. The third kappa shape index (κ3) is 5.34. The van der Waals surface area contributed by atoms with Gasteiger partial charge in [-0.05, 0) is 41.1 Å². The number of rotatable bonds is 7. The number of nitrogens with zero attached hydrogens (tertiary/aromatic N) is 1. The maximum atomic E-state index is 12.6. The molecule has 5 nitrogen and oxygen atoms in total. The van der Waals surface area contributed by atoms with Crippen LogP contribution in [-0.4, -0.2) is 35.8 Å². The summed E-state index contributed by atoms with van der Waals surface area (Å²) in [5.41, 5.74) is 2.91. The van der Waals surface area contributed by atoms with Crippen LogP contribution in [0.3, 0.4) is 0 Å². The van der Waals surface area contributed by atoms with Gasteiger partial charge in [0, 0.05) is 37.8 Å². The van der Waals surface area contributed by atoms with Crippen molar-refractivity contribution in [2.45, 2.75) is 25.6 Å². The SMILES string of the molecule is O=C(NC1CCN(Cc2ccccc2)C1)c1ccc(CNC(=O)c2cccs2)cc1. The van der Waals surface area contributed by atoms with Gasteiger partial charge in [0.1, 0.15) is 0 Å². The summed E-state index contributed by atoms with van der Waals surface area (Å²) < 4.78 is 0. The standard InChI is InChI=1S/C24H25N3O2S/c28-23(26-21-12-13-27(17-21)16-19-5-2-1-3-6-19)20-10-8-18(9-11-20)15-25-24(29)22-7-4-14-30-22/h1-11,14,21H,12-13,15-17H2,(H,25,29)(H,26,28). The zero-order valence-corrected chi connectivity index (χ0v) is 17.5. The van der Waals surface area contributed by atoms with Crippen LogP contribution in [0.15, 0.2) is 72.1 Å². The minimum absolute atomic E-state index is 0.0456. The third-order valence-electron chi connectivity index (χ3n) is 5.27. The summed E-state index contributed by atoms with van der Waals surface area (Å²) in [7, 11) is 0. The Labute approximate surface area is 180 Å². The van der Waals surface area contributed by atoms with Gasteiger partial charge in [-0.15, -0.1) is 11.3 Å². The van der Waals surface area contributed by atoms with Crippen molar-refractivity contribution in [3.63, 3.8) is 0 Å². The molecule has 2 N–H and O–H groups in total. The van der Waals surface area contributed by atoms with Gasteiger partial charge in [0.2, 0.25) is 0 Å². The van der Waals surface area contributed by atoms with Crippen LogP contribution in [0.2, 0.25) is 0 Å². The zero-order valence-electron chi connectivity index (χ0n) is 16.7. The first kappa shape index (κ1) is 20.3. The molecular formula is C24H25N3O2S. The van der Waals surface area contributed by atoms with E-state index in [1.54, 1.807) is 6.07 Å². The van der Waals surface area contributed by atoms with Crippen LogP contribution in [0.1, 0.15) is 37.6 Å². The van der Waals surface area contributed by atoms with Crippen LogP contribution in [-0.2, 0) is 13.1 Å². The first-order chi connectivity index (χ1) is 14.7. The Kier molecular flexibility index (Phi) is 6.57. The summed E-state index contributed by atoms with van der Waals surface area (Å²) in [6, 6.07) is 21.7. The molecule has 154 valence electrons. The second-order valence-corrected chi connectivity index (χ2v) is 8.48. The average molecular weight is 420 g/mol. The molecule has 0 aliphatic carbocycles. The molecule has 1 atom stereocenters. The van der Waals surface area contributed by atoms with E-state index >= 15 is 0 Å². The van der Waals surface area contributed by atoms with Crippen molar-refractivity contribution in [3.8, 4) is 0 Å². The molecule has 30 heavy (non-hydrogen) atoms. The van der Waals surface area contributed by atoms with Gasteiger partial charge in [-0.1, -0.05) is 48.5 Å². The Bertz CT molecular complexity index is 971. The second kappa shape index (κ2) is 9.69. The van der Waals surface area contributed by atoms with Gasteiger partial charge in [-0.3, -0.25) is 14.5 Å². The molecule has 2 amide bonds. The third-order valence-corrected chi connectivity index (χ3v) is 6.14. The quantitative estimate of drug-likeness (QED) is 0.614. The summed E-state index contributed by atoms with van der Waals surface area (Å²) in [5.74, 6) is -0.121. The largest absolute Gasteiger partial charge is 0.348 e.